The Morgan fingerprint density at radius 2 is 2.25 bits per heavy atom. The van der Waals surface area contributed by atoms with Crippen molar-refractivity contribution in [3.05, 3.63) is 26.3 Å². The Labute approximate surface area is 90.2 Å². The number of hydrogen-bond acceptors (Lipinski definition) is 2. The van der Waals surface area contributed by atoms with Gasteiger partial charge in [0.15, 0.2) is 0 Å². The molecule has 0 aliphatic heterocycles. The first-order valence-corrected chi connectivity index (χ1v) is 4.86. The van der Waals surface area contributed by atoms with Crippen LogP contribution < -0.4 is 10.5 Å². The summed E-state index contributed by atoms with van der Waals surface area (Å²) in [5.41, 5.74) is 6.42. The van der Waals surface area contributed by atoms with Gasteiger partial charge in [0.1, 0.15) is 5.75 Å². The fraction of sp³-hybridized carbons (Fsp3) is 0.250. The van der Waals surface area contributed by atoms with Gasteiger partial charge in [0, 0.05) is 10.1 Å². The zero-order valence-electron chi connectivity index (χ0n) is 6.60. The smallest absolute Gasteiger partial charge is 0.138 e. The molecule has 0 aromatic heterocycles. The summed E-state index contributed by atoms with van der Waals surface area (Å²) in [7, 11) is 1.59. The first kappa shape index (κ1) is 10.1. The Morgan fingerprint density at radius 1 is 1.58 bits per heavy atom. The Kier molecular flexibility index (Phi) is 3.61. The maximum atomic E-state index is 5.97. The van der Waals surface area contributed by atoms with Crippen molar-refractivity contribution in [3.63, 3.8) is 0 Å². The van der Waals surface area contributed by atoms with Gasteiger partial charge in [-0.1, -0.05) is 11.6 Å². The Hall–Kier alpha value is -0.000000000000000167. The lowest BCUT2D eigenvalue weighted by Gasteiger charge is -2.07. The van der Waals surface area contributed by atoms with E-state index >= 15 is 0 Å². The summed E-state index contributed by atoms with van der Waals surface area (Å²) < 4.78 is 6.15. The van der Waals surface area contributed by atoms with Crippen LogP contribution in [0.2, 0.25) is 5.02 Å². The van der Waals surface area contributed by atoms with E-state index in [2.05, 4.69) is 22.6 Å². The highest BCUT2D eigenvalue weighted by atomic mass is 127. The summed E-state index contributed by atoms with van der Waals surface area (Å²) in [4.78, 5) is 0. The fourth-order valence-electron chi connectivity index (χ4n) is 0.915. The molecule has 2 N–H and O–H groups in total. The van der Waals surface area contributed by atoms with Crippen molar-refractivity contribution in [1.82, 2.24) is 0 Å². The summed E-state index contributed by atoms with van der Waals surface area (Å²) >= 11 is 8.17. The summed E-state index contributed by atoms with van der Waals surface area (Å²) in [5.74, 6) is 0.684. The van der Waals surface area contributed by atoms with Crippen LogP contribution in [0, 0.1) is 3.57 Å². The minimum absolute atomic E-state index is 0.437. The van der Waals surface area contributed by atoms with E-state index in [4.69, 9.17) is 22.1 Å². The standard InChI is InChI=1S/C8H9ClINO/c1-12-7-3-6(10)2-5(4-11)8(7)9/h2-3H,4,11H2,1H3. The molecule has 0 unspecified atom stereocenters. The Bertz CT molecular complexity index is 265. The third-order valence-corrected chi connectivity index (χ3v) is 2.57. The van der Waals surface area contributed by atoms with E-state index in [1.165, 1.54) is 0 Å². The molecule has 1 aromatic carbocycles. The topological polar surface area (TPSA) is 35.2 Å². The van der Waals surface area contributed by atoms with Crippen molar-refractivity contribution in [2.45, 2.75) is 6.54 Å². The van der Waals surface area contributed by atoms with E-state index in [9.17, 15) is 0 Å². The van der Waals surface area contributed by atoms with Crippen LogP contribution in [0.15, 0.2) is 12.1 Å². The number of halogens is 2. The minimum atomic E-state index is 0.437. The van der Waals surface area contributed by atoms with Gasteiger partial charge in [-0.2, -0.15) is 0 Å². The Balaban J connectivity index is 3.22. The lowest BCUT2D eigenvalue weighted by molar-refractivity contribution is 0.414. The summed E-state index contributed by atoms with van der Waals surface area (Å²) in [6.07, 6.45) is 0. The number of rotatable bonds is 2. The highest BCUT2D eigenvalue weighted by molar-refractivity contribution is 14.1. The van der Waals surface area contributed by atoms with Gasteiger partial charge in [0.2, 0.25) is 0 Å². The molecular formula is C8H9ClINO. The van der Waals surface area contributed by atoms with Crippen molar-refractivity contribution in [3.8, 4) is 5.75 Å². The van der Waals surface area contributed by atoms with Crippen LogP contribution in [0.1, 0.15) is 5.56 Å². The quantitative estimate of drug-likeness (QED) is 0.851. The van der Waals surface area contributed by atoms with Gasteiger partial charge in [-0.05, 0) is 40.3 Å². The number of nitrogens with two attached hydrogens (primary N) is 1. The van der Waals surface area contributed by atoms with E-state index in [0.717, 1.165) is 9.13 Å². The van der Waals surface area contributed by atoms with Crippen molar-refractivity contribution in [2.75, 3.05) is 7.11 Å². The fourth-order valence-corrected chi connectivity index (χ4v) is 1.84. The first-order valence-electron chi connectivity index (χ1n) is 3.41. The zero-order chi connectivity index (χ0) is 9.14. The van der Waals surface area contributed by atoms with Crippen LogP contribution in [0.5, 0.6) is 5.75 Å². The molecule has 0 spiro atoms. The SMILES string of the molecule is COc1cc(I)cc(CN)c1Cl. The third kappa shape index (κ3) is 2.02. The lowest BCUT2D eigenvalue weighted by Crippen LogP contribution is -1.99. The Morgan fingerprint density at radius 3 is 2.75 bits per heavy atom. The van der Waals surface area contributed by atoms with E-state index in [0.29, 0.717) is 17.3 Å². The van der Waals surface area contributed by atoms with Crippen LogP contribution in [0.4, 0.5) is 0 Å². The van der Waals surface area contributed by atoms with Crippen molar-refractivity contribution in [2.24, 2.45) is 5.73 Å². The highest BCUT2D eigenvalue weighted by Gasteiger charge is 2.06. The molecule has 0 aliphatic carbocycles. The lowest BCUT2D eigenvalue weighted by atomic mass is 10.2. The predicted octanol–water partition coefficient (Wildman–Crippen LogP) is 2.41. The molecule has 0 aliphatic rings. The highest BCUT2D eigenvalue weighted by Crippen LogP contribution is 2.29. The number of methoxy groups -OCH3 is 1. The molecule has 4 heteroatoms. The second kappa shape index (κ2) is 4.30. The van der Waals surface area contributed by atoms with Crippen LogP contribution >= 0.6 is 34.2 Å². The van der Waals surface area contributed by atoms with E-state index < -0.39 is 0 Å². The summed E-state index contributed by atoms with van der Waals surface area (Å²) in [5, 5.41) is 0.611. The van der Waals surface area contributed by atoms with Crippen LogP contribution in [0.3, 0.4) is 0 Å². The molecule has 0 heterocycles. The first-order chi connectivity index (χ1) is 5.69. The van der Waals surface area contributed by atoms with Gasteiger partial charge in [0.05, 0.1) is 12.1 Å². The van der Waals surface area contributed by atoms with Gasteiger partial charge < -0.3 is 10.5 Å². The molecule has 66 valence electrons. The molecule has 1 aromatic rings. The monoisotopic (exact) mass is 297 g/mol. The van der Waals surface area contributed by atoms with Crippen LogP contribution in [0.25, 0.3) is 0 Å². The van der Waals surface area contributed by atoms with E-state index in [-0.39, 0.29) is 0 Å². The normalized spacial score (nSPS) is 10.0. The number of ether oxygens (including phenoxy) is 1. The van der Waals surface area contributed by atoms with Crippen LogP contribution in [-0.2, 0) is 6.54 Å². The van der Waals surface area contributed by atoms with Gasteiger partial charge in [0.25, 0.3) is 0 Å². The van der Waals surface area contributed by atoms with Gasteiger partial charge in [-0.25, -0.2) is 0 Å². The van der Waals surface area contributed by atoms with Crippen LogP contribution in [-0.4, -0.2) is 7.11 Å². The molecule has 0 atom stereocenters. The number of benzene rings is 1. The summed E-state index contributed by atoms with van der Waals surface area (Å²) in [6.45, 7) is 0.437. The number of hydrogen-bond donors (Lipinski definition) is 1. The average Bonchev–Trinajstić information content (AvgIpc) is 2.08. The van der Waals surface area contributed by atoms with Crippen molar-refractivity contribution >= 4 is 34.2 Å². The second-order valence-corrected chi connectivity index (χ2v) is 3.91. The molecule has 0 fully saturated rings. The minimum Gasteiger partial charge on any atom is -0.495 e. The molecule has 0 amide bonds. The molecule has 0 saturated heterocycles. The van der Waals surface area contributed by atoms with E-state index in [1.54, 1.807) is 7.11 Å². The predicted molar refractivity (Wildman–Crippen MR) is 58.6 cm³/mol. The van der Waals surface area contributed by atoms with Crippen molar-refractivity contribution in [1.29, 1.82) is 0 Å². The second-order valence-electron chi connectivity index (χ2n) is 2.29. The molecule has 0 bridgehead atoms. The molecule has 2 nitrogen and oxygen atoms in total. The van der Waals surface area contributed by atoms with E-state index in [1.807, 2.05) is 12.1 Å². The van der Waals surface area contributed by atoms with Gasteiger partial charge >= 0.3 is 0 Å². The largest absolute Gasteiger partial charge is 0.495 e. The molecule has 0 radical (unpaired) electrons. The van der Waals surface area contributed by atoms with Crippen molar-refractivity contribution < 1.29 is 4.74 Å². The summed E-state index contributed by atoms with van der Waals surface area (Å²) in [6, 6.07) is 3.83. The van der Waals surface area contributed by atoms with Gasteiger partial charge in [-0.3, -0.25) is 0 Å². The maximum absolute atomic E-state index is 5.97. The molecule has 12 heavy (non-hydrogen) atoms. The molecule has 0 saturated carbocycles. The van der Waals surface area contributed by atoms with Gasteiger partial charge in [-0.15, -0.1) is 0 Å². The zero-order valence-corrected chi connectivity index (χ0v) is 9.52. The molecular weight excluding hydrogens is 288 g/mol. The average molecular weight is 298 g/mol. The molecule has 1 rings (SSSR count). The maximum Gasteiger partial charge on any atom is 0.138 e. The third-order valence-electron chi connectivity index (χ3n) is 1.52.